The lowest BCUT2D eigenvalue weighted by Crippen LogP contribution is -2.22. The number of hydrogen-bond donors (Lipinski definition) is 1. The van der Waals surface area contributed by atoms with E-state index in [2.05, 4.69) is 75.1 Å². The maximum atomic E-state index is 6.03. The third kappa shape index (κ3) is 3.85. The van der Waals surface area contributed by atoms with E-state index in [9.17, 15) is 0 Å². The van der Waals surface area contributed by atoms with E-state index in [1.54, 1.807) is 0 Å². The Bertz CT molecular complexity index is 602. The van der Waals surface area contributed by atoms with E-state index in [-0.39, 0.29) is 6.04 Å². The van der Waals surface area contributed by atoms with Gasteiger partial charge in [-0.05, 0) is 63.4 Å². The minimum Gasteiger partial charge on any atom is -0.342 e. The van der Waals surface area contributed by atoms with E-state index in [1.807, 2.05) is 0 Å². The Hall–Kier alpha value is -1.80. The zero-order valence-electron chi connectivity index (χ0n) is 13.6. The fourth-order valence-electron chi connectivity index (χ4n) is 2.78. The Morgan fingerprint density at radius 2 is 1.76 bits per heavy atom. The fourth-order valence-corrected chi connectivity index (χ4v) is 2.78. The van der Waals surface area contributed by atoms with Gasteiger partial charge in [0.25, 0.3) is 0 Å². The van der Waals surface area contributed by atoms with Gasteiger partial charge in [-0.25, -0.2) is 0 Å². The van der Waals surface area contributed by atoms with Gasteiger partial charge in [0, 0.05) is 24.0 Å². The highest BCUT2D eigenvalue weighted by atomic mass is 15.1. The summed E-state index contributed by atoms with van der Waals surface area (Å²) < 4.78 is 0. The third-order valence-electron chi connectivity index (χ3n) is 3.70. The number of nitrogens with zero attached hydrogens (tertiary/aromatic N) is 1. The Labute approximate surface area is 128 Å². The van der Waals surface area contributed by atoms with Gasteiger partial charge in [-0.15, -0.1) is 0 Å². The van der Waals surface area contributed by atoms with Crippen molar-refractivity contribution in [1.29, 1.82) is 0 Å². The third-order valence-corrected chi connectivity index (χ3v) is 3.70. The normalized spacial score (nSPS) is 12.2. The molecule has 0 saturated heterocycles. The quantitative estimate of drug-likeness (QED) is 0.883. The van der Waals surface area contributed by atoms with Crippen LogP contribution in [-0.2, 0) is 6.42 Å². The molecular weight excluding hydrogens is 256 g/mol. The van der Waals surface area contributed by atoms with Crippen molar-refractivity contribution >= 4 is 11.4 Å². The molecule has 2 N–H and O–H groups in total. The van der Waals surface area contributed by atoms with Crippen molar-refractivity contribution < 1.29 is 0 Å². The van der Waals surface area contributed by atoms with Crippen molar-refractivity contribution in [2.75, 3.05) is 11.4 Å². The van der Waals surface area contributed by atoms with Gasteiger partial charge in [0.05, 0.1) is 0 Å². The van der Waals surface area contributed by atoms with Crippen molar-refractivity contribution in [1.82, 2.24) is 0 Å². The Kier molecular flexibility index (Phi) is 5.03. The van der Waals surface area contributed by atoms with Gasteiger partial charge in [0.2, 0.25) is 0 Å². The second-order valence-corrected chi connectivity index (χ2v) is 5.90. The zero-order valence-corrected chi connectivity index (χ0v) is 13.6. The first-order valence-electron chi connectivity index (χ1n) is 7.70. The highest BCUT2D eigenvalue weighted by Crippen LogP contribution is 2.30. The second kappa shape index (κ2) is 6.77. The molecule has 1 atom stereocenters. The molecule has 0 aliphatic carbocycles. The molecule has 0 aromatic heterocycles. The van der Waals surface area contributed by atoms with Crippen LogP contribution in [0.4, 0.5) is 11.4 Å². The lowest BCUT2D eigenvalue weighted by Gasteiger charge is -2.27. The summed E-state index contributed by atoms with van der Waals surface area (Å²) in [6.45, 7) is 9.47. The minimum atomic E-state index is 0.168. The van der Waals surface area contributed by atoms with Crippen molar-refractivity contribution in [2.45, 2.75) is 40.2 Å². The molecule has 2 rings (SSSR count). The molecular formula is C19H26N2. The highest BCUT2D eigenvalue weighted by Gasteiger charge is 2.13. The lowest BCUT2D eigenvalue weighted by atomic mass is 10.0. The van der Waals surface area contributed by atoms with E-state index >= 15 is 0 Å². The molecule has 0 bridgehead atoms. The zero-order chi connectivity index (χ0) is 15.4. The second-order valence-electron chi connectivity index (χ2n) is 5.90. The van der Waals surface area contributed by atoms with Crippen LogP contribution in [0.15, 0.2) is 42.5 Å². The maximum absolute atomic E-state index is 6.03. The molecule has 0 spiro atoms. The van der Waals surface area contributed by atoms with Crippen LogP contribution in [-0.4, -0.2) is 12.6 Å². The number of benzene rings is 2. The summed E-state index contributed by atoms with van der Waals surface area (Å²) >= 11 is 0. The highest BCUT2D eigenvalue weighted by molar-refractivity contribution is 5.67. The number of anilines is 2. The number of aryl methyl sites for hydroxylation is 2. The van der Waals surface area contributed by atoms with Crippen molar-refractivity contribution in [3.8, 4) is 0 Å². The maximum Gasteiger partial charge on any atom is 0.0443 e. The molecule has 0 amide bonds. The van der Waals surface area contributed by atoms with Gasteiger partial charge in [-0.1, -0.05) is 29.8 Å². The number of rotatable bonds is 5. The average molecular weight is 282 g/mol. The SMILES string of the molecule is CCN(c1cccc(C)c1)c1ccc(C)cc1CC(C)N. The summed E-state index contributed by atoms with van der Waals surface area (Å²) in [6.07, 6.45) is 0.902. The standard InChI is InChI=1S/C19H26N2/c1-5-21(18-8-6-7-14(2)12-18)19-10-9-15(3)11-17(19)13-16(4)20/h6-12,16H,5,13,20H2,1-4H3. The summed E-state index contributed by atoms with van der Waals surface area (Å²) in [5, 5.41) is 0. The minimum absolute atomic E-state index is 0.168. The lowest BCUT2D eigenvalue weighted by molar-refractivity contribution is 0.736. The predicted molar refractivity (Wildman–Crippen MR) is 92.4 cm³/mol. The Morgan fingerprint density at radius 1 is 1.05 bits per heavy atom. The molecule has 2 nitrogen and oxygen atoms in total. The molecule has 2 aromatic carbocycles. The van der Waals surface area contributed by atoms with Crippen molar-refractivity contribution in [2.24, 2.45) is 5.73 Å². The number of hydrogen-bond acceptors (Lipinski definition) is 2. The summed E-state index contributed by atoms with van der Waals surface area (Å²) in [5.41, 5.74) is 12.4. The molecule has 0 saturated carbocycles. The fraction of sp³-hybridized carbons (Fsp3) is 0.368. The van der Waals surface area contributed by atoms with Crippen LogP contribution in [0.2, 0.25) is 0 Å². The van der Waals surface area contributed by atoms with E-state index in [1.165, 1.54) is 28.1 Å². The van der Waals surface area contributed by atoms with Gasteiger partial charge in [-0.3, -0.25) is 0 Å². The summed E-state index contributed by atoms with van der Waals surface area (Å²) in [5.74, 6) is 0. The van der Waals surface area contributed by atoms with Crippen LogP contribution in [0.3, 0.4) is 0 Å². The molecule has 0 aliphatic rings. The van der Waals surface area contributed by atoms with Crippen LogP contribution in [0.5, 0.6) is 0 Å². The Balaban J connectivity index is 2.46. The molecule has 2 aromatic rings. The van der Waals surface area contributed by atoms with Crippen LogP contribution < -0.4 is 10.6 Å². The van der Waals surface area contributed by atoms with Gasteiger partial charge < -0.3 is 10.6 Å². The first-order valence-corrected chi connectivity index (χ1v) is 7.70. The number of nitrogens with two attached hydrogens (primary N) is 1. The first kappa shape index (κ1) is 15.6. The van der Waals surface area contributed by atoms with Gasteiger partial charge in [0.1, 0.15) is 0 Å². The van der Waals surface area contributed by atoms with E-state index < -0.39 is 0 Å². The van der Waals surface area contributed by atoms with Gasteiger partial charge in [0.15, 0.2) is 0 Å². The summed E-state index contributed by atoms with van der Waals surface area (Å²) in [6, 6.07) is 15.5. The van der Waals surface area contributed by atoms with Crippen LogP contribution in [0, 0.1) is 13.8 Å². The molecule has 2 heteroatoms. The van der Waals surface area contributed by atoms with Gasteiger partial charge in [-0.2, -0.15) is 0 Å². The average Bonchev–Trinajstić information content (AvgIpc) is 2.41. The van der Waals surface area contributed by atoms with Crippen LogP contribution >= 0.6 is 0 Å². The predicted octanol–water partition coefficient (Wildman–Crippen LogP) is 4.35. The molecule has 0 aliphatic heterocycles. The summed E-state index contributed by atoms with van der Waals surface area (Å²) in [4.78, 5) is 2.37. The molecule has 1 unspecified atom stereocenters. The largest absolute Gasteiger partial charge is 0.342 e. The van der Waals surface area contributed by atoms with Crippen LogP contribution in [0.1, 0.15) is 30.5 Å². The van der Waals surface area contributed by atoms with E-state index in [4.69, 9.17) is 5.73 Å². The van der Waals surface area contributed by atoms with Gasteiger partial charge >= 0.3 is 0 Å². The molecule has 21 heavy (non-hydrogen) atoms. The summed E-state index contributed by atoms with van der Waals surface area (Å²) in [7, 11) is 0. The van der Waals surface area contributed by atoms with Crippen molar-refractivity contribution in [3.63, 3.8) is 0 Å². The topological polar surface area (TPSA) is 29.3 Å². The van der Waals surface area contributed by atoms with Crippen molar-refractivity contribution in [3.05, 3.63) is 59.2 Å². The molecule has 0 fully saturated rings. The monoisotopic (exact) mass is 282 g/mol. The molecule has 0 radical (unpaired) electrons. The van der Waals surface area contributed by atoms with E-state index in [0.717, 1.165) is 13.0 Å². The van der Waals surface area contributed by atoms with Crippen LogP contribution in [0.25, 0.3) is 0 Å². The first-order chi connectivity index (χ1) is 10.0. The molecule has 0 heterocycles. The smallest absolute Gasteiger partial charge is 0.0443 e. The Morgan fingerprint density at radius 3 is 2.38 bits per heavy atom. The van der Waals surface area contributed by atoms with E-state index in [0.29, 0.717) is 0 Å². The molecule has 112 valence electrons.